The number of sulfonamides is 1. The summed E-state index contributed by atoms with van der Waals surface area (Å²) in [4.78, 5) is 1.02. The summed E-state index contributed by atoms with van der Waals surface area (Å²) < 4.78 is 31.7. The van der Waals surface area contributed by atoms with Crippen molar-refractivity contribution in [2.24, 2.45) is 0 Å². The third-order valence-corrected chi connectivity index (χ3v) is 5.86. The number of rotatable bonds is 8. The van der Waals surface area contributed by atoms with Crippen molar-refractivity contribution in [1.82, 2.24) is 4.72 Å². The Hall–Kier alpha value is -0.470. The number of aryl methyl sites for hydroxylation is 1. The number of hydrogen-bond acceptors (Lipinski definition) is 5. The zero-order valence-electron chi connectivity index (χ0n) is 11.5. The van der Waals surface area contributed by atoms with Crippen LogP contribution in [0.1, 0.15) is 25.1 Å². The van der Waals surface area contributed by atoms with Crippen molar-refractivity contribution >= 4 is 21.4 Å². The van der Waals surface area contributed by atoms with E-state index in [-0.39, 0.29) is 10.8 Å². The van der Waals surface area contributed by atoms with Gasteiger partial charge in [0.2, 0.25) is 10.0 Å². The lowest BCUT2D eigenvalue weighted by atomic mass is 10.0. The minimum atomic E-state index is -3.54. The summed E-state index contributed by atoms with van der Waals surface area (Å²) in [6.45, 7) is 3.91. The average Bonchev–Trinajstić information content (AvgIpc) is 2.84. The molecule has 1 aromatic heterocycles. The third-order valence-electron chi connectivity index (χ3n) is 2.74. The summed E-state index contributed by atoms with van der Waals surface area (Å²) in [5, 5.41) is 10.0. The molecule has 1 unspecified atom stereocenters. The first-order valence-electron chi connectivity index (χ1n) is 6.10. The second-order valence-corrected chi connectivity index (χ2v) is 7.80. The number of hydrogen-bond donors (Lipinski definition) is 2. The summed E-state index contributed by atoms with van der Waals surface area (Å²) in [6.07, 6.45) is 1.18. The lowest BCUT2D eigenvalue weighted by Gasteiger charge is -2.22. The Morgan fingerprint density at radius 3 is 2.68 bits per heavy atom. The second-order valence-electron chi connectivity index (χ2n) is 4.64. The van der Waals surface area contributed by atoms with Gasteiger partial charge in [0, 0.05) is 31.6 Å². The Kier molecular flexibility index (Phi) is 5.94. The van der Waals surface area contributed by atoms with Crippen LogP contribution in [0, 0.1) is 0 Å². The molecule has 0 aliphatic carbocycles. The molecule has 2 N–H and O–H groups in total. The molecule has 110 valence electrons. The number of ether oxygens (including phenoxy) is 1. The fraction of sp³-hybridized carbons (Fsp3) is 0.667. The summed E-state index contributed by atoms with van der Waals surface area (Å²) in [6, 6.07) is 3.40. The van der Waals surface area contributed by atoms with Crippen molar-refractivity contribution in [3.05, 3.63) is 17.0 Å². The van der Waals surface area contributed by atoms with Gasteiger partial charge in [-0.1, -0.05) is 6.92 Å². The molecule has 0 saturated carbocycles. The molecule has 0 aromatic carbocycles. The van der Waals surface area contributed by atoms with Gasteiger partial charge in [-0.3, -0.25) is 0 Å². The largest absolute Gasteiger partial charge is 0.389 e. The maximum absolute atomic E-state index is 12.0. The second kappa shape index (κ2) is 6.81. The predicted molar refractivity (Wildman–Crippen MR) is 76.0 cm³/mol. The van der Waals surface area contributed by atoms with Crippen LogP contribution in [0.5, 0.6) is 0 Å². The van der Waals surface area contributed by atoms with Gasteiger partial charge in [0.1, 0.15) is 4.21 Å². The highest BCUT2D eigenvalue weighted by molar-refractivity contribution is 7.91. The molecule has 0 aliphatic heterocycles. The highest BCUT2D eigenvalue weighted by Gasteiger charge is 2.24. The standard InChI is InChI=1S/C12H21NO4S2/c1-4-10-5-6-11(18-10)19(15,16)13-9-12(2,14)7-8-17-3/h5-6,13-14H,4,7-9H2,1-3H3. The topological polar surface area (TPSA) is 75.6 Å². The molecule has 0 bridgehead atoms. The van der Waals surface area contributed by atoms with Crippen LogP contribution in [0.2, 0.25) is 0 Å². The Bertz CT molecular complexity index is 494. The van der Waals surface area contributed by atoms with Crippen LogP contribution < -0.4 is 4.72 Å². The average molecular weight is 307 g/mol. The molecule has 1 rings (SSSR count). The molecule has 1 atom stereocenters. The molecular weight excluding hydrogens is 286 g/mol. The van der Waals surface area contributed by atoms with Gasteiger partial charge in [-0.05, 0) is 25.5 Å². The SMILES string of the molecule is CCc1ccc(S(=O)(=O)NCC(C)(O)CCOC)s1. The number of nitrogens with one attached hydrogen (secondary N) is 1. The van der Waals surface area contributed by atoms with E-state index in [0.29, 0.717) is 13.0 Å². The molecule has 0 saturated heterocycles. The zero-order chi connectivity index (χ0) is 14.5. The highest BCUT2D eigenvalue weighted by atomic mass is 32.2. The van der Waals surface area contributed by atoms with Gasteiger partial charge in [-0.15, -0.1) is 11.3 Å². The van der Waals surface area contributed by atoms with Gasteiger partial charge in [-0.25, -0.2) is 13.1 Å². The monoisotopic (exact) mass is 307 g/mol. The van der Waals surface area contributed by atoms with Crippen molar-refractivity contribution < 1.29 is 18.3 Å². The van der Waals surface area contributed by atoms with E-state index < -0.39 is 15.6 Å². The maximum Gasteiger partial charge on any atom is 0.250 e. The molecular formula is C12H21NO4S2. The van der Waals surface area contributed by atoms with E-state index in [1.807, 2.05) is 13.0 Å². The first kappa shape index (κ1) is 16.6. The van der Waals surface area contributed by atoms with E-state index in [9.17, 15) is 13.5 Å². The minimum absolute atomic E-state index is 0.0297. The molecule has 0 amide bonds. The van der Waals surface area contributed by atoms with Crippen LogP contribution in [0.4, 0.5) is 0 Å². The molecule has 0 spiro atoms. The van der Waals surface area contributed by atoms with Crippen LogP contribution >= 0.6 is 11.3 Å². The number of methoxy groups -OCH3 is 1. The van der Waals surface area contributed by atoms with E-state index in [1.54, 1.807) is 13.0 Å². The number of aliphatic hydroxyl groups is 1. The molecule has 5 nitrogen and oxygen atoms in total. The van der Waals surface area contributed by atoms with E-state index in [4.69, 9.17) is 4.74 Å². The number of thiophene rings is 1. The van der Waals surface area contributed by atoms with Gasteiger partial charge < -0.3 is 9.84 Å². The van der Waals surface area contributed by atoms with Gasteiger partial charge in [0.25, 0.3) is 0 Å². The van der Waals surface area contributed by atoms with Crippen molar-refractivity contribution in [2.45, 2.75) is 36.5 Å². The Labute approximate surface area is 118 Å². The van der Waals surface area contributed by atoms with E-state index >= 15 is 0 Å². The molecule has 0 radical (unpaired) electrons. The van der Waals surface area contributed by atoms with Crippen molar-refractivity contribution in [2.75, 3.05) is 20.3 Å². The lowest BCUT2D eigenvalue weighted by Crippen LogP contribution is -2.41. The normalized spacial score (nSPS) is 15.4. The van der Waals surface area contributed by atoms with Crippen LogP contribution in [-0.4, -0.2) is 39.4 Å². The Balaban J connectivity index is 2.65. The smallest absolute Gasteiger partial charge is 0.250 e. The molecule has 19 heavy (non-hydrogen) atoms. The summed E-state index contributed by atoms with van der Waals surface area (Å²) >= 11 is 1.25. The van der Waals surface area contributed by atoms with Gasteiger partial charge >= 0.3 is 0 Å². The zero-order valence-corrected chi connectivity index (χ0v) is 13.1. The van der Waals surface area contributed by atoms with Crippen molar-refractivity contribution in [3.8, 4) is 0 Å². The van der Waals surface area contributed by atoms with Gasteiger partial charge in [-0.2, -0.15) is 0 Å². The molecule has 0 fully saturated rings. The predicted octanol–water partition coefficient (Wildman–Crippen LogP) is 1.38. The van der Waals surface area contributed by atoms with Crippen LogP contribution in [-0.2, 0) is 21.2 Å². The maximum atomic E-state index is 12.0. The quantitative estimate of drug-likeness (QED) is 0.761. The van der Waals surface area contributed by atoms with Crippen molar-refractivity contribution in [1.29, 1.82) is 0 Å². The van der Waals surface area contributed by atoms with Gasteiger partial charge in [0.15, 0.2) is 0 Å². The summed E-state index contributed by atoms with van der Waals surface area (Å²) in [5.74, 6) is 0. The Morgan fingerprint density at radius 1 is 1.47 bits per heavy atom. The molecule has 1 aromatic rings. The fourth-order valence-corrected chi connectivity index (χ4v) is 3.93. The van der Waals surface area contributed by atoms with E-state index in [2.05, 4.69) is 4.72 Å². The minimum Gasteiger partial charge on any atom is -0.389 e. The van der Waals surface area contributed by atoms with E-state index in [1.165, 1.54) is 18.4 Å². The lowest BCUT2D eigenvalue weighted by molar-refractivity contribution is 0.0292. The molecule has 7 heteroatoms. The van der Waals surface area contributed by atoms with Crippen LogP contribution in [0.15, 0.2) is 16.3 Å². The van der Waals surface area contributed by atoms with E-state index in [0.717, 1.165) is 11.3 Å². The first-order chi connectivity index (χ1) is 8.80. The summed E-state index contributed by atoms with van der Waals surface area (Å²) in [7, 11) is -2.00. The molecule has 0 aliphatic rings. The van der Waals surface area contributed by atoms with Crippen LogP contribution in [0.25, 0.3) is 0 Å². The third kappa shape index (κ3) is 5.19. The fourth-order valence-electron chi connectivity index (χ4n) is 1.42. The van der Waals surface area contributed by atoms with Crippen molar-refractivity contribution in [3.63, 3.8) is 0 Å². The Morgan fingerprint density at radius 2 is 2.16 bits per heavy atom. The van der Waals surface area contributed by atoms with Gasteiger partial charge in [0.05, 0.1) is 5.60 Å². The first-order valence-corrected chi connectivity index (χ1v) is 8.40. The highest BCUT2D eigenvalue weighted by Crippen LogP contribution is 2.22. The molecule has 1 heterocycles. The summed E-state index contributed by atoms with van der Waals surface area (Å²) in [5.41, 5.74) is -1.12. The van der Waals surface area contributed by atoms with Crippen LogP contribution in [0.3, 0.4) is 0 Å².